The van der Waals surface area contributed by atoms with Gasteiger partial charge in [-0.05, 0) is 23.8 Å². The van der Waals surface area contributed by atoms with Crippen LogP contribution in [-0.4, -0.2) is 35.3 Å². The van der Waals surface area contributed by atoms with Gasteiger partial charge in [0.1, 0.15) is 0 Å². The van der Waals surface area contributed by atoms with Crippen LogP contribution in [-0.2, 0) is 11.3 Å². The lowest BCUT2D eigenvalue weighted by Crippen LogP contribution is -3.00. The van der Waals surface area contributed by atoms with Crippen LogP contribution in [0, 0.1) is 5.41 Å². The molecule has 2 aliphatic rings. The van der Waals surface area contributed by atoms with Crippen LogP contribution < -0.4 is 12.4 Å². The molecule has 1 heterocycles. The van der Waals surface area contributed by atoms with Crippen molar-refractivity contribution in [3.8, 4) is 0 Å². The molecule has 0 amide bonds. The van der Waals surface area contributed by atoms with Gasteiger partial charge in [0.2, 0.25) is 0 Å². The lowest BCUT2D eigenvalue weighted by atomic mass is 9.75. The van der Waals surface area contributed by atoms with E-state index in [1.165, 1.54) is 11.3 Å². The number of allylic oxidation sites excluding steroid dienone is 1. The Morgan fingerprint density at radius 1 is 1.12 bits per heavy atom. The molecule has 0 saturated carbocycles. The molecule has 1 aliphatic heterocycles. The fraction of sp³-hybridized carbons (Fsp3) is 0.550. The van der Waals surface area contributed by atoms with Crippen molar-refractivity contribution in [3.63, 3.8) is 0 Å². The molecular formula is C20H28ClN2O-. The third-order valence-electron chi connectivity index (χ3n) is 4.85. The number of hydrogen-bond acceptors (Lipinski definition) is 3. The standard InChI is InChI=1S/C20H28N2O.ClH/c1-4-10-22-15-21(13-16-8-6-5-7-9-16)14-17-18(22)11-20(2,3)12-19(17)23;/h5-9H,4,10-15H2,1-3H3;1H/p-1. The highest BCUT2D eigenvalue weighted by molar-refractivity contribution is 5.98. The SMILES string of the molecule is CCCN1CN(Cc2ccccc2)CC2=C1CC(C)(C)CC2=O.[Cl-]. The summed E-state index contributed by atoms with van der Waals surface area (Å²) in [5.41, 5.74) is 3.80. The van der Waals surface area contributed by atoms with Gasteiger partial charge in [-0.15, -0.1) is 0 Å². The van der Waals surface area contributed by atoms with Gasteiger partial charge in [0.05, 0.1) is 6.67 Å². The van der Waals surface area contributed by atoms with Crippen molar-refractivity contribution in [2.45, 2.75) is 46.6 Å². The molecule has 0 spiro atoms. The first-order valence-electron chi connectivity index (χ1n) is 8.75. The molecule has 0 radical (unpaired) electrons. The molecule has 0 bridgehead atoms. The summed E-state index contributed by atoms with van der Waals surface area (Å²) in [5, 5.41) is 0. The van der Waals surface area contributed by atoms with Gasteiger partial charge in [-0.3, -0.25) is 9.69 Å². The average molecular weight is 348 g/mol. The van der Waals surface area contributed by atoms with E-state index in [9.17, 15) is 4.79 Å². The van der Waals surface area contributed by atoms with E-state index in [-0.39, 0.29) is 17.8 Å². The molecule has 0 saturated heterocycles. The molecule has 132 valence electrons. The van der Waals surface area contributed by atoms with E-state index < -0.39 is 0 Å². The molecule has 0 atom stereocenters. The first-order chi connectivity index (χ1) is 11.0. The Morgan fingerprint density at radius 3 is 2.50 bits per heavy atom. The topological polar surface area (TPSA) is 23.6 Å². The van der Waals surface area contributed by atoms with Crippen molar-refractivity contribution >= 4 is 5.78 Å². The zero-order valence-electron chi connectivity index (χ0n) is 15.0. The van der Waals surface area contributed by atoms with Crippen molar-refractivity contribution in [3.05, 3.63) is 47.2 Å². The highest BCUT2D eigenvalue weighted by Gasteiger charge is 2.38. The maximum absolute atomic E-state index is 12.7. The molecule has 1 aromatic rings. The van der Waals surface area contributed by atoms with Gasteiger partial charge in [0.25, 0.3) is 0 Å². The summed E-state index contributed by atoms with van der Waals surface area (Å²) >= 11 is 0. The second kappa shape index (κ2) is 7.71. The van der Waals surface area contributed by atoms with E-state index in [2.05, 4.69) is 60.9 Å². The molecule has 1 aliphatic carbocycles. The van der Waals surface area contributed by atoms with Gasteiger partial charge in [0, 0.05) is 37.3 Å². The Morgan fingerprint density at radius 2 is 1.83 bits per heavy atom. The minimum absolute atomic E-state index is 0. The maximum Gasteiger partial charge on any atom is 0.162 e. The molecule has 24 heavy (non-hydrogen) atoms. The number of hydrogen-bond donors (Lipinski definition) is 0. The normalized spacial score (nSPS) is 20.6. The smallest absolute Gasteiger partial charge is 0.162 e. The van der Waals surface area contributed by atoms with Gasteiger partial charge < -0.3 is 17.3 Å². The number of ketones is 1. The summed E-state index contributed by atoms with van der Waals surface area (Å²) in [6.07, 6.45) is 2.84. The predicted molar refractivity (Wildman–Crippen MR) is 93.8 cm³/mol. The van der Waals surface area contributed by atoms with Crippen LogP contribution in [0.5, 0.6) is 0 Å². The monoisotopic (exact) mass is 347 g/mol. The molecule has 1 aromatic carbocycles. The van der Waals surface area contributed by atoms with Gasteiger partial charge in [-0.25, -0.2) is 0 Å². The first kappa shape index (κ1) is 19.0. The molecule has 0 aromatic heterocycles. The van der Waals surface area contributed by atoms with E-state index in [1.807, 2.05) is 0 Å². The fourth-order valence-electron chi connectivity index (χ4n) is 3.83. The zero-order valence-corrected chi connectivity index (χ0v) is 15.8. The summed E-state index contributed by atoms with van der Waals surface area (Å²) in [7, 11) is 0. The fourth-order valence-corrected chi connectivity index (χ4v) is 3.83. The minimum atomic E-state index is 0. The third kappa shape index (κ3) is 4.20. The van der Waals surface area contributed by atoms with E-state index in [4.69, 9.17) is 0 Å². The van der Waals surface area contributed by atoms with Crippen LogP contribution in [0.15, 0.2) is 41.6 Å². The van der Waals surface area contributed by atoms with E-state index in [0.29, 0.717) is 12.2 Å². The Hall–Kier alpha value is -1.32. The van der Waals surface area contributed by atoms with Gasteiger partial charge in [-0.1, -0.05) is 51.1 Å². The van der Waals surface area contributed by atoms with Gasteiger partial charge >= 0.3 is 0 Å². The Balaban J connectivity index is 0.00000208. The second-order valence-corrected chi connectivity index (χ2v) is 7.74. The summed E-state index contributed by atoms with van der Waals surface area (Å²) in [5.74, 6) is 0.357. The lowest BCUT2D eigenvalue weighted by Gasteiger charge is -2.45. The molecule has 0 unspecified atom stereocenters. The van der Waals surface area contributed by atoms with Crippen LogP contribution in [0.4, 0.5) is 0 Å². The van der Waals surface area contributed by atoms with Crippen molar-refractivity contribution < 1.29 is 17.2 Å². The number of benzene rings is 1. The number of nitrogens with zero attached hydrogens (tertiary/aromatic N) is 2. The van der Waals surface area contributed by atoms with Crippen molar-refractivity contribution in [2.75, 3.05) is 19.8 Å². The summed E-state index contributed by atoms with van der Waals surface area (Å²) in [6, 6.07) is 10.6. The van der Waals surface area contributed by atoms with Crippen LogP contribution in [0.2, 0.25) is 0 Å². The van der Waals surface area contributed by atoms with Gasteiger partial charge in [0.15, 0.2) is 5.78 Å². The Kier molecular flexibility index (Phi) is 6.11. The molecule has 0 N–H and O–H groups in total. The number of Topliss-reactive ketones (excluding diaryl/α,β-unsaturated/α-hetero) is 1. The van der Waals surface area contributed by atoms with Crippen molar-refractivity contribution in [2.24, 2.45) is 5.41 Å². The molecule has 4 heteroatoms. The van der Waals surface area contributed by atoms with Crippen LogP contribution >= 0.6 is 0 Å². The minimum Gasteiger partial charge on any atom is -1.00 e. The first-order valence-corrected chi connectivity index (χ1v) is 8.75. The van der Waals surface area contributed by atoms with Crippen molar-refractivity contribution in [1.29, 1.82) is 0 Å². The predicted octanol–water partition coefficient (Wildman–Crippen LogP) is 0.819. The van der Waals surface area contributed by atoms with Crippen LogP contribution in [0.3, 0.4) is 0 Å². The van der Waals surface area contributed by atoms with E-state index >= 15 is 0 Å². The van der Waals surface area contributed by atoms with Crippen LogP contribution in [0.25, 0.3) is 0 Å². The van der Waals surface area contributed by atoms with Crippen LogP contribution in [0.1, 0.15) is 45.6 Å². The summed E-state index contributed by atoms with van der Waals surface area (Å²) in [6.45, 7) is 10.3. The third-order valence-corrected chi connectivity index (χ3v) is 4.85. The molecule has 3 nitrogen and oxygen atoms in total. The number of halogens is 1. The Bertz CT molecular complexity index is 609. The van der Waals surface area contributed by atoms with Crippen molar-refractivity contribution in [1.82, 2.24) is 9.80 Å². The molecule has 0 fully saturated rings. The van der Waals surface area contributed by atoms with Gasteiger partial charge in [-0.2, -0.15) is 0 Å². The highest BCUT2D eigenvalue weighted by Crippen LogP contribution is 2.40. The Labute approximate surface area is 152 Å². The number of carbonyl (C=O) groups is 1. The average Bonchev–Trinajstić information content (AvgIpc) is 2.49. The number of rotatable bonds is 4. The van der Waals surface area contributed by atoms with E-state index in [1.54, 1.807) is 0 Å². The maximum atomic E-state index is 12.7. The zero-order chi connectivity index (χ0) is 16.4. The largest absolute Gasteiger partial charge is 1.00 e. The van der Waals surface area contributed by atoms with E-state index in [0.717, 1.165) is 44.7 Å². The number of carbonyl (C=O) groups excluding carboxylic acids is 1. The highest BCUT2D eigenvalue weighted by atomic mass is 35.5. The second-order valence-electron chi connectivity index (χ2n) is 7.74. The quantitative estimate of drug-likeness (QED) is 0.805. The lowest BCUT2D eigenvalue weighted by molar-refractivity contribution is -0.119. The molecular weight excluding hydrogens is 320 g/mol. The summed E-state index contributed by atoms with van der Waals surface area (Å²) in [4.78, 5) is 17.5. The summed E-state index contributed by atoms with van der Waals surface area (Å²) < 4.78 is 0. The molecule has 3 rings (SSSR count).